The van der Waals surface area contributed by atoms with Crippen molar-refractivity contribution < 1.29 is 14.4 Å². The van der Waals surface area contributed by atoms with Gasteiger partial charge in [0.1, 0.15) is 12.3 Å². The molecule has 0 saturated carbocycles. The predicted octanol–water partition coefficient (Wildman–Crippen LogP) is 1.78. The molecule has 1 aromatic rings. The summed E-state index contributed by atoms with van der Waals surface area (Å²) in [7, 11) is 1.67. The molecule has 0 aliphatic heterocycles. The lowest BCUT2D eigenvalue weighted by molar-refractivity contribution is -0.904. The van der Waals surface area contributed by atoms with Crippen LogP contribution in [0.25, 0.3) is 0 Å². The van der Waals surface area contributed by atoms with Crippen LogP contribution >= 0.6 is 15.9 Å². The first kappa shape index (κ1) is 18.0. The molecule has 1 atom stereocenters. The molecule has 0 aliphatic carbocycles. The van der Waals surface area contributed by atoms with E-state index in [2.05, 4.69) is 34.2 Å². The zero-order valence-corrected chi connectivity index (χ0v) is 15.1. The van der Waals surface area contributed by atoms with Crippen LogP contribution in [0.15, 0.2) is 22.7 Å². The van der Waals surface area contributed by atoms with Crippen molar-refractivity contribution >= 4 is 21.8 Å². The molecule has 0 aliphatic rings. The highest BCUT2D eigenvalue weighted by atomic mass is 79.9. The Morgan fingerprint density at radius 2 is 2.05 bits per heavy atom. The molecule has 0 fully saturated rings. The maximum absolute atomic E-state index is 12.1. The Hall–Kier alpha value is -1.07. The average Bonchev–Trinajstić information content (AvgIpc) is 2.36. The minimum atomic E-state index is -0.191. The van der Waals surface area contributed by atoms with Gasteiger partial charge in [0.25, 0.3) is 5.91 Å². The van der Waals surface area contributed by atoms with Crippen LogP contribution in [0, 0.1) is 0 Å². The van der Waals surface area contributed by atoms with Crippen LogP contribution in [0.2, 0.25) is 0 Å². The number of rotatable bonds is 6. The van der Waals surface area contributed by atoms with Crippen LogP contribution in [0.3, 0.4) is 0 Å². The number of methoxy groups -OCH3 is 1. The highest BCUT2D eigenvalue weighted by Gasteiger charge is 2.19. The summed E-state index contributed by atoms with van der Waals surface area (Å²) in [6, 6.07) is 5.96. The topological polar surface area (TPSA) is 42.8 Å². The zero-order chi connectivity index (χ0) is 16.0. The number of hydrogen-bond donors (Lipinski definition) is 2. The monoisotopic (exact) mass is 357 g/mol. The van der Waals surface area contributed by atoms with Crippen molar-refractivity contribution in [1.82, 2.24) is 5.32 Å². The van der Waals surface area contributed by atoms with Gasteiger partial charge < -0.3 is 15.0 Å². The highest BCUT2D eigenvalue weighted by molar-refractivity contribution is 9.10. The summed E-state index contributed by atoms with van der Waals surface area (Å²) < 4.78 is 6.42. The van der Waals surface area contributed by atoms with E-state index in [9.17, 15) is 4.79 Å². The number of nitrogens with one attached hydrogen (secondary N) is 2. The lowest BCUT2D eigenvalue weighted by Crippen LogP contribution is -3.11. The van der Waals surface area contributed by atoms with Gasteiger partial charge in [-0.05, 0) is 45.9 Å². The molecule has 0 aromatic heterocycles. The maximum atomic E-state index is 12.1. The van der Waals surface area contributed by atoms with E-state index < -0.39 is 0 Å². The maximum Gasteiger partial charge on any atom is 0.275 e. The minimum absolute atomic E-state index is 0.0771. The van der Waals surface area contributed by atoms with Crippen molar-refractivity contribution in [2.75, 3.05) is 20.2 Å². The molecule has 1 aromatic carbocycles. The Bertz CT molecular complexity index is 484. The largest absolute Gasteiger partial charge is 0.496 e. The van der Waals surface area contributed by atoms with E-state index in [0.717, 1.165) is 28.9 Å². The van der Waals surface area contributed by atoms with Crippen molar-refractivity contribution in [3.05, 3.63) is 28.2 Å². The van der Waals surface area contributed by atoms with Crippen LogP contribution in [0.4, 0.5) is 0 Å². The highest BCUT2D eigenvalue weighted by Crippen LogP contribution is 2.22. The molecule has 2 N–H and O–H groups in total. The molecule has 4 nitrogen and oxygen atoms in total. The number of hydrogen-bond acceptors (Lipinski definition) is 2. The molecule has 1 amide bonds. The Morgan fingerprint density at radius 3 is 2.57 bits per heavy atom. The van der Waals surface area contributed by atoms with Gasteiger partial charge in [-0.3, -0.25) is 4.79 Å². The number of ether oxygens (including phenoxy) is 1. The summed E-state index contributed by atoms with van der Waals surface area (Å²) in [5.41, 5.74) is 0.913. The van der Waals surface area contributed by atoms with Gasteiger partial charge in [-0.15, -0.1) is 0 Å². The second-order valence-corrected chi connectivity index (χ2v) is 7.13. The Labute approximate surface area is 136 Å². The van der Waals surface area contributed by atoms with Crippen molar-refractivity contribution in [3.8, 4) is 5.75 Å². The summed E-state index contributed by atoms with van der Waals surface area (Å²) >= 11 is 3.48. The van der Waals surface area contributed by atoms with Gasteiger partial charge in [-0.25, -0.2) is 0 Å². The fourth-order valence-electron chi connectivity index (χ4n) is 2.16. The molecular weight excluding hydrogens is 332 g/mol. The molecule has 118 valence electrons. The number of carbonyl (C=O) groups excluding carboxylic acids is 1. The summed E-state index contributed by atoms with van der Waals surface area (Å²) in [6.45, 7) is 10.2. The van der Waals surface area contributed by atoms with Crippen molar-refractivity contribution in [1.29, 1.82) is 0 Å². The minimum Gasteiger partial charge on any atom is -0.496 e. The third-order valence-electron chi connectivity index (χ3n) is 3.11. The van der Waals surface area contributed by atoms with Crippen LogP contribution < -0.4 is 15.0 Å². The van der Waals surface area contributed by atoms with Crippen LogP contribution in [-0.4, -0.2) is 31.6 Å². The second kappa shape index (κ2) is 7.80. The molecule has 0 saturated heterocycles. The van der Waals surface area contributed by atoms with Crippen molar-refractivity contribution in [3.63, 3.8) is 0 Å². The SMILES string of the molecule is CC[NH+](CC(=O)NC(C)(C)C)Cc1cc(Br)ccc1OC. The molecule has 0 heterocycles. The van der Waals surface area contributed by atoms with E-state index in [1.165, 1.54) is 4.90 Å². The number of likely N-dealkylation sites (N-methyl/N-ethyl adjacent to an activating group) is 1. The lowest BCUT2D eigenvalue weighted by Gasteiger charge is -2.23. The third kappa shape index (κ3) is 6.48. The number of quaternary nitrogens is 1. The van der Waals surface area contributed by atoms with Gasteiger partial charge in [0.2, 0.25) is 0 Å². The van der Waals surface area contributed by atoms with Gasteiger partial charge in [0, 0.05) is 15.6 Å². The summed E-state index contributed by atoms with van der Waals surface area (Å²) in [6.07, 6.45) is 0. The zero-order valence-electron chi connectivity index (χ0n) is 13.5. The molecule has 0 spiro atoms. The first-order valence-electron chi connectivity index (χ1n) is 7.22. The van der Waals surface area contributed by atoms with E-state index >= 15 is 0 Å². The van der Waals surface area contributed by atoms with E-state index in [0.29, 0.717) is 6.54 Å². The third-order valence-corrected chi connectivity index (χ3v) is 3.60. The first-order chi connectivity index (χ1) is 9.75. The van der Waals surface area contributed by atoms with Gasteiger partial charge in [-0.1, -0.05) is 15.9 Å². The Kier molecular flexibility index (Phi) is 6.68. The van der Waals surface area contributed by atoms with Crippen LogP contribution in [-0.2, 0) is 11.3 Å². The Morgan fingerprint density at radius 1 is 1.38 bits per heavy atom. The first-order valence-corrected chi connectivity index (χ1v) is 8.01. The standard InChI is InChI=1S/C16H25BrN2O2/c1-6-19(11-15(20)18-16(2,3)4)10-12-9-13(17)7-8-14(12)21-5/h7-9H,6,10-11H2,1-5H3,(H,18,20)/p+1. The summed E-state index contributed by atoms with van der Waals surface area (Å²) in [5.74, 6) is 0.939. The molecule has 0 bridgehead atoms. The van der Waals surface area contributed by atoms with Crippen LogP contribution in [0.1, 0.15) is 33.3 Å². The number of halogens is 1. The molecule has 1 rings (SSSR count). The molecule has 5 heteroatoms. The van der Waals surface area contributed by atoms with Gasteiger partial charge in [-0.2, -0.15) is 0 Å². The van der Waals surface area contributed by atoms with Crippen LogP contribution in [0.5, 0.6) is 5.75 Å². The van der Waals surface area contributed by atoms with E-state index in [1.54, 1.807) is 7.11 Å². The van der Waals surface area contributed by atoms with E-state index in [-0.39, 0.29) is 11.4 Å². The van der Waals surface area contributed by atoms with Gasteiger partial charge in [0.15, 0.2) is 6.54 Å². The fourth-order valence-corrected chi connectivity index (χ4v) is 2.57. The Balaban J connectivity index is 2.74. The van der Waals surface area contributed by atoms with Crippen molar-refractivity contribution in [2.24, 2.45) is 0 Å². The van der Waals surface area contributed by atoms with E-state index in [4.69, 9.17) is 4.74 Å². The van der Waals surface area contributed by atoms with E-state index in [1.807, 2.05) is 32.9 Å². The number of benzene rings is 1. The molecule has 1 unspecified atom stereocenters. The molecular formula is C16H26BrN2O2+. The number of amides is 1. The smallest absolute Gasteiger partial charge is 0.275 e. The average molecular weight is 358 g/mol. The number of carbonyl (C=O) groups is 1. The normalized spacial score (nSPS) is 12.9. The van der Waals surface area contributed by atoms with Gasteiger partial charge >= 0.3 is 0 Å². The lowest BCUT2D eigenvalue weighted by atomic mass is 10.1. The fraction of sp³-hybridized carbons (Fsp3) is 0.562. The molecule has 21 heavy (non-hydrogen) atoms. The molecule has 0 radical (unpaired) electrons. The summed E-state index contributed by atoms with van der Waals surface area (Å²) in [4.78, 5) is 13.3. The van der Waals surface area contributed by atoms with Crippen molar-refractivity contribution in [2.45, 2.75) is 39.8 Å². The van der Waals surface area contributed by atoms with Gasteiger partial charge in [0.05, 0.1) is 13.7 Å². The predicted molar refractivity (Wildman–Crippen MR) is 88.7 cm³/mol. The quantitative estimate of drug-likeness (QED) is 0.814. The second-order valence-electron chi connectivity index (χ2n) is 6.21. The summed E-state index contributed by atoms with van der Waals surface area (Å²) in [5, 5.41) is 3.01.